The summed E-state index contributed by atoms with van der Waals surface area (Å²) in [5.41, 5.74) is -0.365. The number of halogens is 3. The molecule has 0 radical (unpaired) electrons. The summed E-state index contributed by atoms with van der Waals surface area (Å²) in [5.74, 6) is -3.38. The Morgan fingerprint density at radius 3 is 2.30 bits per heavy atom. The van der Waals surface area contributed by atoms with E-state index in [4.69, 9.17) is 0 Å². The molecule has 0 aromatic heterocycles. The number of rotatable bonds is 2. The van der Waals surface area contributed by atoms with Gasteiger partial charge in [-0.05, 0) is 37.1 Å². The molecule has 1 amide bonds. The van der Waals surface area contributed by atoms with Gasteiger partial charge in [-0.25, -0.2) is 13.2 Å². The molecule has 2 aromatic rings. The molecule has 104 valence electrons. The largest absolute Gasteiger partial charge is 0.317 e. The molecule has 0 heterocycles. The fraction of sp³-hybridized carbons (Fsp3) is 0.133. The van der Waals surface area contributed by atoms with Crippen molar-refractivity contribution in [1.29, 1.82) is 0 Å². The fourth-order valence-electron chi connectivity index (χ4n) is 1.77. The monoisotopic (exact) mass is 279 g/mol. The quantitative estimate of drug-likeness (QED) is 0.885. The maximum Gasteiger partial charge on any atom is 0.258 e. The van der Waals surface area contributed by atoms with Gasteiger partial charge in [0.2, 0.25) is 0 Å². The van der Waals surface area contributed by atoms with Gasteiger partial charge in [-0.15, -0.1) is 0 Å². The zero-order valence-corrected chi connectivity index (χ0v) is 10.9. The zero-order valence-electron chi connectivity index (χ0n) is 10.9. The maximum absolute atomic E-state index is 13.8. The van der Waals surface area contributed by atoms with E-state index in [0.717, 1.165) is 6.07 Å². The first-order valence-corrected chi connectivity index (χ1v) is 5.93. The van der Waals surface area contributed by atoms with Crippen LogP contribution in [-0.4, -0.2) is 5.91 Å². The maximum atomic E-state index is 13.8. The van der Waals surface area contributed by atoms with Gasteiger partial charge in [-0.3, -0.25) is 4.79 Å². The van der Waals surface area contributed by atoms with Crippen molar-refractivity contribution in [2.24, 2.45) is 0 Å². The lowest BCUT2D eigenvalue weighted by molar-refractivity contribution is 0.102. The van der Waals surface area contributed by atoms with Crippen molar-refractivity contribution in [2.75, 3.05) is 5.32 Å². The molecule has 0 unspecified atom stereocenters. The molecule has 0 saturated heterocycles. The van der Waals surface area contributed by atoms with E-state index in [1.54, 1.807) is 0 Å². The molecule has 0 aliphatic rings. The predicted octanol–water partition coefficient (Wildman–Crippen LogP) is 3.97. The minimum absolute atomic E-state index is 0.186. The average molecular weight is 279 g/mol. The van der Waals surface area contributed by atoms with Crippen LogP contribution in [0.15, 0.2) is 30.3 Å². The van der Waals surface area contributed by atoms with E-state index in [9.17, 15) is 18.0 Å². The summed E-state index contributed by atoms with van der Waals surface area (Å²) in [6.45, 7) is 2.94. The first-order valence-electron chi connectivity index (χ1n) is 5.93. The zero-order chi connectivity index (χ0) is 14.9. The molecule has 0 aliphatic heterocycles. The molecular formula is C15H12F3NO. The molecular weight excluding hydrogens is 267 g/mol. The summed E-state index contributed by atoms with van der Waals surface area (Å²) in [4.78, 5) is 11.9. The van der Waals surface area contributed by atoms with Crippen molar-refractivity contribution < 1.29 is 18.0 Å². The molecule has 0 fully saturated rings. The Labute approximate surface area is 114 Å². The van der Waals surface area contributed by atoms with Crippen molar-refractivity contribution in [1.82, 2.24) is 0 Å². The number of carbonyl (C=O) groups excluding carboxylic acids is 1. The van der Waals surface area contributed by atoms with Crippen LogP contribution < -0.4 is 5.32 Å². The van der Waals surface area contributed by atoms with E-state index in [1.807, 2.05) is 0 Å². The van der Waals surface area contributed by atoms with E-state index in [0.29, 0.717) is 0 Å². The second-order valence-electron chi connectivity index (χ2n) is 4.44. The minimum atomic E-state index is -0.908. The number of hydrogen-bond donors (Lipinski definition) is 1. The molecule has 5 heteroatoms. The van der Waals surface area contributed by atoms with Crippen molar-refractivity contribution in [3.63, 3.8) is 0 Å². The summed E-state index contributed by atoms with van der Waals surface area (Å²) < 4.78 is 41.1. The Bertz CT molecular complexity index is 683. The average Bonchev–Trinajstić information content (AvgIpc) is 2.42. The van der Waals surface area contributed by atoms with E-state index in [-0.39, 0.29) is 16.7 Å². The highest BCUT2D eigenvalue weighted by atomic mass is 19.1. The lowest BCUT2D eigenvalue weighted by atomic mass is 10.1. The molecule has 1 N–H and O–H groups in total. The van der Waals surface area contributed by atoms with Crippen LogP contribution in [-0.2, 0) is 0 Å². The van der Waals surface area contributed by atoms with Crippen molar-refractivity contribution in [3.05, 3.63) is 64.5 Å². The van der Waals surface area contributed by atoms with Gasteiger partial charge in [-0.2, -0.15) is 0 Å². The summed E-state index contributed by atoms with van der Waals surface area (Å²) in [7, 11) is 0. The Balaban J connectivity index is 2.38. The number of hydrogen-bond acceptors (Lipinski definition) is 1. The third-order valence-electron chi connectivity index (χ3n) is 2.96. The number of aryl methyl sites for hydroxylation is 2. The molecule has 2 aromatic carbocycles. The van der Waals surface area contributed by atoms with E-state index >= 15 is 0 Å². The molecule has 20 heavy (non-hydrogen) atoms. The van der Waals surface area contributed by atoms with Crippen LogP contribution in [0.25, 0.3) is 0 Å². The fourth-order valence-corrected chi connectivity index (χ4v) is 1.77. The van der Waals surface area contributed by atoms with Gasteiger partial charge in [0.15, 0.2) is 5.82 Å². The van der Waals surface area contributed by atoms with E-state index in [1.165, 1.54) is 38.1 Å². The standard InChI is InChI=1S/C15H12F3NO/c1-8-4-3-5-10(12(8)17)15(20)19-14-11(16)7-6-9(2)13(14)18/h3-7H,1-2H3,(H,19,20). The highest BCUT2D eigenvalue weighted by Crippen LogP contribution is 2.23. The molecule has 2 nitrogen and oxygen atoms in total. The van der Waals surface area contributed by atoms with E-state index in [2.05, 4.69) is 5.32 Å². The molecule has 2 rings (SSSR count). The normalized spacial score (nSPS) is 10.4. The van der Waals surface area contributed by atoms with Crippen LogP contribution in [0.5, 0.6) is 0 Å². The summed E-state index contributed by atoms with van der Waals surface area (Å²) in [5, 5.41) is 2.07. The van der Waals surface area contributed by atoms with Gasteiger partial charge in [0.1, 0.15) is 17.3 Å². The molecule has 0 bridgehead atoms. The molecule has 0 atom stereocenters. The van der Waals surface area contributed by atoms with Crippen LogP contribution >= 0.6 is 0 Å². The molecule has 0 saturated carbocycles. The second kappa shape index (κ2) is 5.36. The third kappa shape index (κ3) is 2.52. The number of anilines is 1. The highest BCUT2D eigenvalue weighted by molar-refractivity contribution is 6.04. The first kappa shape index (κ1) is 14.1. The van der Waals surface area contributed by atoms with Crippen LogP contribution in [0.2, 0.25) is 0 Å². The first-order chi connectivity index (χ1) is 9.41. The van der Waals surface area contributed by atoms with Gasteiger partial charge in [0, 0.05) is 0 Å². The smallest absolute Gasteiger partial charge is 0.258 e. The van der Waals surface area contributed by atoms with Crippen LogP contribution in [0, 0.1) is 31.3 Å². The Kier molecular flexibility index (Phi) is 3.79. The van der Waals surface area contributed by atoms with Crippen molar-refractivity contribution in [3.8, 4) is 0 Å². The SMILES string of the molecule is Cc1cccc(C(=O)Nc2c(F)ccc(C)c2F)c1F. The van der Waals surface area contributed by atoms with Crippen molar-refractivity contribution >= 4 is 11.6 Å². The highest BCUT2D eigenvalue weighted by Gasteiger charge is 2.18. The number of carbonyl (C=O) groups is 1. The molecule has 0 spiro atoms. The lowest BCUT2D eigenvalue weighted by Gasteiger charge is -2.10. The third-order valence-corrected chi connectivity index (χ3v) is 2.96. The van der Waals surface area contributed by atoms with Crippen LogP contribution in [0.4, 0.5) is 18.9 Å². The Morgan fingerprint density at radius 2 is 1.60 bits per heavy atom. The van der Waals surface area contributed by atoms with Gasteiger partial charge in [0.25, 0.3) is 5.91 Å². The summed E-state index contributed by atoms with van der Waals surface area (Å²) in [6.07, 6.45) is 0. The number of nitrogens with one attached hydrogen (secondary N) is 1. The van der Waals surface area contributed by atoms with E-state index < -0.39 is 29.0 Å². The van der Waals surface area contributed by atoms with Crippen molar-refractivity contribution in [2.45, 2.75) is 13.8 Å². The minimum Gasteiger partial charge on any atom is -0.317 e. The van der Waals surface area contributed by atoms with Gasteiger partial charge < -0.3 is 5.32 Å². The number of benzene rings is 2. The Morgan fingerprint density at radius 1 is 0.950 bits per heavy atom. The lowest BCUT2D eigenvalue weighted by Crippen LogP contribution is -2.16. The predicted molar refractivity (Wildman–Crippen MR) is 70.2 cm³/mol. The molecule has 0 aliphatic carbocycles. The summed E-state index contributed by atoms with van der Waals surface area (Å²) >= 11 is 0. The Hall–Kier alpha value is -2.30. The number of amides is 1. The van der Waals surface area contributed by atoms with Gasteiger partial charge >= 0.3 is 0 Å². The van der Waals surface area contributed by atoms with Crippen LogP contribution in [0.1, 0.15) is 21.5 Å². The van der Waals surface area contributed by atoms with Crippen LogP contribution in [0.3, 0.4) is 0 Å². The summed E-state index contributed by atoms with van der Waals surface area (Å²) in [6, 6.07) is 6.55. The van der Waals surface area contributed by atoms with Gasteiger partial charge in [-0.1, -0.05) is 18.2 Å². The topological polar surface area (TPSA) is 29.1 Å². The second-order valence-corrected chi connectivity index (χ2v) is 4.44. The van der Waals surface area contributed by atoms with Gasteiger partial charge in [0.05, 0.1) is 5.56 Å².